The van der Waals surface area contributed by atoms with E-state index in [0.717, 1.165) is 25.5 Å². The van der Waals surface area contributed by atoms with E-state index < -0.39 is 26.7 Å². The SMILES string of the molecule is Cc1ccsc1CN1CC2(C1)C(COCC1CC1)CCS2(=O)=O.O=C(O)C(F)(F)F. The number of rotatable bonds is 6. The standard InChI is InChI=1S/C17H25NO3S2.C2HF3O2/c1-13-4-6-22-16(13)8-18-11-17(12-18)15(5-7-23(17,19)20)10-21-9-14-2-3-14;3-2(4,5)1(6)7/h4,6,14-15H,2-3,5,7-12H2,1H3;(H,6,7). The molecule has 1 spiro atoms. The lowest BCUT2D eigenvalue weighted by atomic mass is 9.83. The van der Waals surface area contributed by atoms with Crippen LogP contribution in [0.2, 0.25) is 0 Å². The summed E-state index contributed by atoms with van der Waals surface area (Å²) in [4.78, 5) is 12.5. The molecule has 170 valence electrons. The molecule has 3 aliphatic rings. The van der Waals surface area contributed by atoms with Crippen LogP contribution in [0.4, 0.5) is 13.2 Å². The Morgan fingerprint density at radius 1 is 1.30 bits per heavy atom. The van der Waals surface area contributed by atoms with Crippen LogP contribution in [0.3, 0.4) is 0 Å². The zero-order chi connectivity index (χ0) is 22.2. The summed E-state index contributed by atoms with van der Waals surface area (Å²) in [5.41, 5.74) is 1.31. The van der Waals surface area contributed by atoms with Crippen molar-refractivity contribution in [2.45, 2.75) is 43.7 Å². The van der Waals surface area contributed by atoms with Crippen LogP contribution in [-0.4, -0.2) is 67.4 Å². The Morgan fingerprint density at radius 2 is 1.93 bits per heavy atom. The first-order valence-electron chi connectivity index (χ1n) is 9.80. The van der Waals surface area contributed by atoms with Crippen molar-refractivity contribution < 1.29 is 36.2 Å². The van der Waals surface area contributed by atoms with Gasteiger partial charge in [0.05, 0.1) is 12.4 Å². The lowest BCUT2D eigenvalue weighted by Gasteiger charge is -2.50. The molecule has 0 radical (unpaired) electrons. The van der Waals surface area contributed by atoms with Gasteiger partial charge in [-0.2, -0.15) is 13.2 Å². The van der Waals surface area contributed by atoms with E-state index >= 15 is 0 Å². The maximum Gasteiger partial charge on any atom is 0.490 e. The maximum atomic E-state index is 12.6. The fraction of sp³-hybridized carbons (Fsp3) is 0.737. The third-order valence-electron chi connectivity index (χ3n) is 6.03. The summed E-state index contributed by atoms with van der Waals surface area (Å²) in [5.74, 6) is -1.49. The van der Waals surface area contributed by atoms with Gasteiger partial charge in [0, 0.05) is 37.0 Å². The lowest BCUT2D eigenvalue weighted by molar-refractivity contribution is -0.192. The summed E-state index contributed by atoms with van der Waals surface area (Å²) in [6, 6.07) is 2.14. The number of likely N-dealkylation sites (tertiary alicyclic amines) is 1. The van der Waals surface area contributed by atoms with E-state index in [9.17, 15) is 21.6 Å². The summed E-state index contributed by atoms with van der Waals surface area (Å²) in [7, 11) is -2.97. The van der Waals surface area contributed by atoms with Gasteiger partial charge in [0.1, 0.15) is 4.75 Å². The van der Waals surface area contributed by atoms with Gasteiger partial charge in [0.25, 0.3) is 0 Å². The minimum absolute atomic E-state index is 0.187. The van der Waals surface area contributed by atoms with Crippen molar-refractivity contribution >= 4 is 27.1 Å². The first-order chi connectivity index (χ1) is 13.9. The molecular weight excluding hydrogens is 443 g/mol. The summed E-state index contributed by atoms with van der Waals surface area (Å²) in [6.07, 6.45) is -1.75. The average molecular weight is 470 g/mol. The molecule has 11 heteroatoms. The second-order valence-corrected chi connectivity index (χ2v) is 11.8. The molecule has 6 nitrogen and oxygen atoms in total. The van der Waals surface area contributed by atoms with Crippen LogP contribution in [0, 0.1) is 18.8 Å². The number of nitrogens with zero attached hydrogens (tertiary/aromatic N) is 1. The van der Waals surface area contributed by atoms with Gasteiger partial charge in [-0.15, -0.1) is 11.3 Å². The molecule has 2 saturated heterocycles. The Labute approximate surface area is 177 Å². The Hall–Kier alpha value is -1.17. The van der Waals surface area contributed by atoms with Crippen molar-refractivity contribution in [3.63, 3.8) is 0 Å². The van der Waals surface area contributed by atoms with Crippen LogP contribution in [0.5, 0.6) is 0 Å². The van der Waals surface area contributed by atoms with E-state index in [1.807, 2.05) is 0 Å². The number of ether oxygens (including phenoxy) is 1. The van der Waals surface area contributed by atoms with E-state index in [4.69, 9.17) is 14.6 Å². The molecule has 3 heterocycles. The van der Waals surface area contributed by atoms with Crippen molar-refractivity contribution in [1.82, 2.24) is 4.90 Å². The molecule has 1 aromatic rings. The molecule has 1 aliphatic carbocycles. The molecule has 2 aliphatic heterocycles. The molecule has 0 aromatic carbocycles. The van der Waals surface area contributed by atoms with Crippen LogP contribution in [0.1, 0.15) is 29.7 Å². The Bertz CT molecular complexity index is 858. The van der Waals surface area contributed by atoms with Crippen LogP contribution in [0.15, 0.2) is 11.4 Å². The van der Waals surface area contributed by atoms with E-state index in [2.05, 4.69) is 23.3 Å². The number of carboxylic acid groups (broad SMARTS) is 1. The number of carboxylic acids is 1. The molecule has 1 unspecified atom stereocenters. The molecule has 0 bridgehead atoms. The van der Waals surface area contributed by atoms with Gasteiger partial charge < -0.3 is 9.84 Å². The first-order valence-corrected chi connectivity index (χ1v) is 12.3. The highest BCUT2D eigenvalue weighted by molar-refractivity contribution is 7.93. The van der Waals surface area contributed by atoms with Crippen molar-refractivity contribution in [2.75, 3.05) is 32.1 Å². The number of aryl methyl sites for hydroxylation is 1. The highest BCUT2D eigenvalue weighted by atomic mass is 32.2. The predicted molar refractivity (Wildman–Crippen MR) is 106 cm³/mol. The number of aliphatic carboxylic acids is 1. The van der Waals surface area contributed by atoms with Gasteiger partial charge in [-0.3, -0.25) is 4.90 Å². The molecule has 1 saturated carbocycles. The van der Waals surface area contributed by atoms with Gasteiger partial charge in [-0.05, 0) is 49.1 Å². The van der Waals surface area contributed by atoms with E-state index in [-0.39, 0.29) is 5.92 Å². The van der Waals surface area contributed by atoms with E-state index in [1.54, 1.807) is 11.3 Å². The molecule has 1 atom stereocenters. The zero-order valence-corrected chi connectivity index (χ0v) is 18.3. The van der Waals surface area contributed by atoms with Crippen molar-refractivity contribution in [3.8, 4) is 0 Å². The smallest absolute Gasteiger partial charge is 0.475 e. The highest BCUT2D eigenvalue weighted by Gasteiger charge is 2.61. The minimum Gasteiger partial charge on any atom is -0.475 e. The largest absolute Gasteiger partial charge is 0.490 e. The number of thiophene rings is 1. The van der Waals surface area contributed by atoms with Crippen molar-refractivity contribution in [2.24, 2.45) is 11.8 Å². The van der Waals surface area contributed by atoms with Crippen molar-refractivity contribution in [3.05, 3.63) is 21.9 Å². The lowest BCUT2D eigenvalue weighted by Crippen LogP contribution is -2.67. The monoisotopic (exact) mass is 469 g/mol. The molecule has 3 fully saturated rings. The second-order valence-electron chi connectivity index (χ2n) is 8.32. The fourth-order valence-corrected chi connectivity index (χ4v) is 7.36. The van der Waals surface area contributed by atoms with Crippen LogP contribution in [0.25, 0.3) is 0 Å². The Morgan fingerprint density at radius 3 is 2.43 bits per heavy atom. The summed E-state index contributed by atoms with van der Waals surface area (Å²) in [6.45, 7) is 5.83. The van der Waals surface area contributed by atoms with Gasteiger partial charge in [0.15, 0.2) is 9.84 Å². The van der Waals surface area contributed by atoms with Crippen LogP contribution >= 0.6 is 11.3 Å². The van der Waals surface area contributed by atoms with Crippen molar-refractivity contribution in [1.29, 1.82) is 0 Å². The molecule has 4 rings (SSSR count). The van der Waals surface area contributed by atoms with E-state index in [1.165, 1.54) is 23.3 Å². The van der Waals surface area contributed by atoms with E-state index in [0.29, 0.717) is 25.4 Å². The van der Waals surface area contributed by atoms with Gasteiger partial charge in [0.2, 0.25) is 0 Å². The fourth-order valence-electron chi connectivity index (χ4n) is 3.96. The Balaban J connectivity index is 0.000000318. The summed E-state index contributed by atoms with van der Waals surface area (Å²) in [5, 5.41) is 9.24. The first kappa shape index (κ1) is 23.5. The molecular formula is C19H26F3NO5S2. The minimum atomic E-state index is -5.08. The average Bonchev–Trinajstić information content (AvgIpc) is 3.28. The number of sulfone groups is 1. The molecule has 0 amide bonds. The van der Waals surface area contributed by atoms with Gasteiger partial charge in [-0.1, -0.05) is 0 Å². The maximum absolute atomic E-state index is 12.6. The van der Waals surface area contributed by atoms with Gasteiger partial charge in [-0.25, -0.2) is 13.2 Å². The number of alkyl halides is 3. The van der Waals surface area contributed by atoms with Gasteiger partial charge >= 0.3 is 12.1 Å². The normalized spacial score (nSPS) is 24.9. The number of hydrogen-bond acceptors (Lipinski definition) is 6. The Kier molecular flexibility index (Phi) is 6.86. The molecule has 1 aromatic heterocycles. The number of hydrogen-bond donors (Lipinski definition) is 1. The topological polar surface area (TPSA) is 83.9 Å². The third kappa shape index (κ3) is 5.17. The molecule has 30 heavy (non-hydrogen) atoms. The number of carbonyl (C=O) groups is 1. The van der Waals surface area contributed by atoms with Crippen LogP contribution in [-0.2, 0) is 25.9 Å². The molecule has 1 N–H and O–H groups in total. The predicted octanol–water partition coefficient (Wildman–Crippen LogP) is 3.11. The number of halogens is 3. The highest BCUT2D eigenvalue weighted by Crippen LogP contribution is 2.45. The second kappa shape index (κ2) is 8.76. The van der Waals surface area contributed by atoms with Crippen LogP contribution < -0.4 is 0 Å². The zero-order valence-electron chi connectivity index (χ0n) is 16.7. The third-order valence-corrected chi connectivity index (χ3v) is 9.64. The summed E-state index contributed by atoms with van der Waals surface area (Å²) < 4.78 is 62.3. The quantitative estimate of drug-likeness (QED) is 0.689. The summed E-state index contributed by atoms with van der Waals surface area (Å²) >= 11 is 1.77.